The molecule has 1 spiro atoms. The molecule has 0 amide bonds. The molecule has 0 saturated carbocycles. The van der Waals surface area contributed by atoms with E-state index in [9.17, 15) is 0 Å². The molecule has 1 aromatic rings. The molecule has 154 valence electrons. The standard InChI is InChI=1S/C23H36N4O/c1-19-8-12-26(13-9-19)21(20-6-4-3-5-7-20)16-25-22(24-2)27-14-10-23(17-27)11-15-28-18-23/h3-7,19,21H,8-18H2,1-2H3,(H,24,25). The fourth-order valence-corrected chi connectivity index (χ4v) is 5.08. The van der Waals surface area contributed by atoms with Gasteiger partial charge in [-0.15, -0.1) is 0 Å². The number of guanidine groups is 1. The first-order chi connectivity index (χ1) is 13.7. The highest BCUT2D eigenvalue weighted by atomic mass is 16.5. The van der Waals surface area contributed by atoms with Crippen LogP contribution in [-0.4, -0.2) is 68.7 Å². The van der Waals surface area contributed by atoms with Crippen LogP contribution in [0.25, 0.3) is 0 Å². The first-order valence-corrected chi connectivity index (χ1v) is 11.0. The highest BCUT2D eigenvalue weighted by Gasteiger charge is 2.42. The fourth-order valence-electron chi connectivity index (χ4n) is 5.08. The molecule has 0 aromatic heterocycles. The Labute approximate surface area is 170 Å². The zero-order valence-electron chi connectivity index (χ0n) is 17.6. The largest absolute Gasteiger partial charge is 0.381 e. The number of nitrogens with zero attached hydrogens (tertiary/aromatic N) is 3. The van der Waals surface area contributed by atoms with Gasteiger partial charge in [-0.05, 0) is 50.3 Å². The zero-order chi connectivity index (χ0) is 19.4. The first kappa shape index (κ1) is 19.7. The quantitative estimate of drug-likeness (QED) is 0.639. The molecule has 28 heavy (non-hydrogen) atoms. The summed E-state index contributed by atoms with van der Waals surface area (Å²) in [6, 6.07) is 11.4. The minimum atomic E-state index is 0.361. The maximum Gasteiger partial charge on any atom is 0.193 e. The summed E-state index contributed by atoms with van der Waals surface area (Å²) in [4.78, 5) is 9.72. The maximum absolute atomic E-state index is 5.69. The van der Waals surface area contributed by atoms with Crippen molar-refractivity contribution < 1.29 is 4.74 Å². The average molecular weight is 385 g/mol. The SMILES string of the molecule is CN=C(NCC(c1ccccc1)N1CCC(C)CC1)N1CCC2(CCOC2)C1. The Bertz CT molecular complexity index is 648. The highest BCUT2D eigenvalue weighted by molar-refractivity contribution is 5.80. The second kappa shape index (κ2) is 8.83. The maximum atomic E-state index is 5.69. The molecule has 5 nitrogen and oxygen atoms in total. The van der Waals surface area contributed by atoms with Gasteiger partial charge in [0.2, 0.25) is 0 Å². The summed E-state index contributed by atoms with van der Waals surface area (Å²) in [5.74, 6) is 1.90. The third kappa shape index (κ3) is 4.36. The molecule has 0 aliphatic carbocycles. The minimum absolute atomic E-state index is 0.361. The van der Waals surface area contributed by atoms with E-state index in [4.69, 9.17) is 4.74 Å². The smallest absolute Gasteiger partial charge is 0.193 e. The average Bonchev–Trinajstić information content (AvgIpc) is 3.37. The van der Waals surface area contributed by atoms with Gasteiger partial charge in [-0.1, -0.05) is 37.3 Å². The highest BCUT2D eigenvalue weighted by Crippen LogP contribution is 2.38. The number of benzene rings is 1. The number of likely N-dealkylation sites (tertiary alicyclic amines) is 2. The predicted octanol–water partition coefficient (Wildman–Crippen LogP) is 3.15. The number of piperidine rings is 1. The van der Waals surface area contributed by atoms with E-state index in [-0.39, 0.29) is 0 Å². The number of ether oxygens (including phenoxy) is 1. The lowest BCUT2D eigenvalue weighted by atomic mass is 9.87. The van der Waals surface area contributed by atoms with Crippen LogP contribution >= 0.6 is 0 Å². The van der Waals surface area contributed by atoms with Gasteiger partial charge >= 0.3 is 0 Å². The molecule has 1 aromatic carbocycles. The third-order valence-corrected chi connectivity index (χ3v) is 7.03. The molecule has 5 heteroatoms. The Balaban J connectivity index is 1.41. The lowest BCUT2D eigenvalue weighted by Gasteiger charge is -2.37. The van der Waals surface area contributed by atoms with E-state index in [0.717, 1.165) is 44.7 Å². The summed E-state index contributed by atoms with van der Waals surface area (Å²) in [7, 11) is 1.92. The number of hydrogen-bond donors (Lipinski definition) is 1. The lowest BCUT2D eigenvalue weighted by molar-refractivity contribution is 0.137. The third-order valence-electron chi connectivity index (χ3n) is 7.03. The summed E-state index contributed by atoms with van der Waals surface area (Å²) in [6.45, 7) is 9.65. The Hall–Kier alpha value is -1.59. The fraction of sp³-hybridized carbons (Fsp3) is 0.696. The van der Waals surface area contributed by atoms with Crippen LogP contribution in [0.15, 0.2) is 35.3 Å². The van der Waals surface area contributed by atoms with Crippen molar-refractivity contribution in [2.24, 2.45) is 16.3 Å². The van der Waals surface area contributed by atoms with Gasteiger partial charge in [0, 0.05) is 38.7 Å². The normalized spacial score (nSPS) is 28.2. The van der Waals surface area contributed by atoms with Gasteiger partial charge in [0.15, 0.2) is 5.96 Å². The van der Waals surface area contributed by atoms with Crippen LogP contribution in [0.3, 0.4) is 0 Å². The molecule has 3 heterocycles. The first-order valence-electron chi connectivity index (χ1n) is 11.0. The van der Waals surface area contributed by atoms with Crippen molar-refractivity contribution in [3.63, 3.8) is 0 Å². The topological polar surface area (TPSA) is 40.1 Å². The van der Waals surface area contributed by atoms with E-state index in [2.05, 4.69) is 57.4 Å². The van der Waals surface area contributed by atoms with Crippen molar-refractivity contribution in [2.45, 2.75) is 38.6 Å². The minimum Gasteiger partial charge on any atom is -0.381 e. The number of rotatable bonds is 4. The van der Waals surface area contributed by atoms with Gasteiger partial charge in [0.05, 0.1) is 12.6 Å². The van der Waals surface area contributed by atoms with Gasteiger partial charge in [0.25, 0.3) is 0 Å². The molecule has 2 atom stereocenters. The summed E-state index contributed by atoms with van der Waals surface area (Å²) >= 11 is 0. The van der Waals surface area contributed by atoms with Crippen molar-refractivity contribution in [3.05, 3.63) is 35.9 Å². The molecule has 1 N–H and O–H groups in total. The number of aliphatic imine (C=N–C) groups is 1. The van der Waals surface area contributed by atoms with Crippen molar-refractivity contribution in [2.75, 3.05) is 53.0 Å². The van der Waals surface area contributed by atoms with Gasteiger partial charge in [-0.3, -0.25) is 9.89 Å². The van der Waals surface area contributed by atoms with E-state index in [1.807, 2.05) is 7.05 Å². The van der Waals surface area contributed by atoms with Crippen LogP contribution in [0.4, 0.5) is 0 Å². The van der Waals surface area contributed by atoms with E-state index >= 15 is 0 Å². The molecule has 3 aliphatic heterocycles. The van der Waals surface area contributed by atoms with E-state index in [0.29, 0.717) is 11.5 Å². The van der Waals surface area contributed by atoms with Crippen LogP contribution in [-0.2, 0) is 4.74 Å². The summed E-state index contributed by atoms with van der Waals surface area (Å²) in [5.41, 5.74) is 1.77. The zero-order valence-corrected chi connectivity index (χ0v) is 17.6. The van der Waals surface area contributed by atoms with Gasteiger partial charge in [-0.25, -0.2) is 0 Å². The molecule has 0 radical (unpaired) electrons. The predicted molar refractivity (Wildman–Crippen MR) is 115 cm³/mol. The van der Waals surface area contributed by atoms with Crippen molar-refractivity contribution in [1.29, 1.82) is 0 Å². The summed E-state index contributed by atoms with van der Waals surface area (Å²) < 4.78 is 5.69. The molecule has 0 bridgehead atoms. The second-order valence-electron chi connectivity index (χ2n) is 9.05. The Morgan fingerprint density at radius 1 is 1.21 bits per heavy atom. The number of nitrogens with one attached hydrogen (secondary N) is 1. The van der Waals surface area contributed by atoms with Crippen molar-refractivity contribution in [1.82, 2.24) is 15.1 Å². The van der Waals surface area contributed by atoms with Crippen LogP contribution in [0.5, 0.6) is 0 Å². The molecule has 3 saturated heterocycles. The summed E-state index contributed by atoms with van der Waals surface area (Å²) in [5, 5.41) is 3.72. The van der Waals surface area contributed by atoms with Crippen molar-refractivity contribution >= 4 is 5.96 Å². The Morgan fingerprint density at radius 2 is 2.00 bits per heavy atom. The van der Waals surface area contributed by atoms with Gasteiger partial charge < -0.3 is 15.0 Å². The van der Waals surface area contributed by atoms with Gasteiger partial charge in [0.1, 0.15) is 0 Å². The van der Waals surface area contributed by atoms with E-state index in [1.54, 1.807) is 0 Å². The molecular formula is C23H36N4O. The van der Waals surface area contributed by atoms with Crippen molar-refractivity contribution in [3.8, 4) is 0 Å². The van der Waals surface area contributed by atoms with E-state index in [1.165, 1.54) is 44.3 Å². The lowest BCUT2D eigenvalue weighted by Crippen LogP contribution is -2.46. The van der Waals surface area contributed by atoms with Crippen LogP contribution in [0.1, 0.15) is 44.2 Å². The Morgan fingerprint density at radius 3 is 2.68 bits per heavy atom. The van der Waals surface area contributed by atoms with Crippen LogP contribution < -0.4 is 5.32 Å². The Kier molecular flexibility index (Phi) is 6.22. The molecular weight excluding hydrogens is 348 g/mol. The molecule has 3 fully saturated rings. The summed E-state index contributed by atoms with van der Waals surface area (Å²) in [6.07, 6.45) is 5.01. The number of hydrogen-bond acceptors (Lipinski definition) is 3. The molecule has 4 rings (SSSR count). The molecule has 3 aliphatic rings. The van der Waals surface area contributed by atoms with Crippen LogP contribution in [0.2, 0.25) is 0 Å². The second-order valence-corrected chi connectivity index (χ2v) is 9.05. The van der Waals surface area contributed by atoms with Crippen LogP contribution in [0, 0.1) is 11.3 Å². The van der Waals surface area contributed by atoms with Gasteiger partial charge in [-0.2, -0.15) is 0 Å². The van der Waals surface area contributed by atoms with E-state index < -0.39 is 0 Å². The molecule has 2 unspecified atom stereocenters. The monoisotopic (exact) mass is 384 g/mol.